The summed E-state index contributed by atoms with van der Waals surface area (Å²) in [6, 6.07) is 0. The van der Waals surface area contributed by atoms with Crippen molar-refractivity contribution in [3.05, 3.63) is 5.82 Å². The first-order valence-corrected chi connectivity index (χ1v) is 8.92. The minimum absolute atomic E-state index is 0.216. The van der Waals surface area contributed by atoms with E-state index >= 15 is 0 Å². The van der Waals surface area contributed by atoms with E-state index in [1.165, 1.54) is 37.2 Å². The fraction of sp³-hybridized carbons (Fsp3) is 0.800. The molecule has 0 radical (unpaired) electrons. The molecule has 22 heavy (non-hydrogen) atoms. The van der Waals surface area contributed by atoms with Crippen LogP contribution in [0.25, 0.3) is 0 Å². The molecule has 1 saturated heterocycles. The van der Waals surface area contributed by atoms with Gasteiger partial charge in [-0.2, -0.15) is 4.37 Å². The molecule has 1 aliphatic heterocycles. The smallest absolute Gasteiger partial charge is 0.236 e. The van der Waals surface area contributed by atoms with E-state index in [1.54, 1.807) is 0 Å². The molecule has 1 amide bonds. The Morgan fingerprint density at radius 1 is 1.23 bits per heavy atom. The highest BCUT2D eigenvalue weighted by Crippen LogP contribution is 2.34. The third-order valence-electron chi connectivity index (χ3n) is 4.51. The van der Waals surface area contributed by atoms with Crippen LogP contribution < -0.4 is 4.90 Å². The second-order valence-electron chi connectivity index (χ2n) is 6.52. The predicted molar refractivity (Wildman–Crippen MR) is 88.5 cm³/mol. The molecule has 7 heteroatoms. The molecule has 0 atom stereocenters. The monoisotopic (exact) mass is 323 g/mol. The number of rotatable bonds is 4. The van der Waals surface area contributed by atoms with Gasteiger partial charge in [-0.25, -0.2) is 4.98 Å². The first-order valence-electron chi connectivity index (χ1n) is 8.14. The molecular formula is C15H25N5OS. The summed E-state index contributed by atoms with van der Waals surface area (Å²) < 4.78 is 4.57. The molecule has 0 spiro atoms. The zero-order valence-corrected chi connectivity index (χ0v) is 14.3. The van der Waals surface area contributed by atoms with Crippen LogP contribution in [0.5, 0.6) is 0 Å². The van der Waals surface area contributed by atoms with Gasteiger partial charge in [0, 0.05) is 43.6 Å². The van der Waals surface area contributed by atoms with E-state index in [2.05, 4.69) is 9.27 Å². The molecule has 0 N–H and O–H groups in total. The average molecular weight is 323 g/mol. The van der Waals surface area contributed by atoms with Crippen LogP contribution in [0.1, 0.15) is 37.4 Å². The number of hydrogen-bond donors (Lipinski definition) is 0. The number of hydrogen-bond acceptors (Lipinski definition) is 6. The molecule has 3 rings (SSSR count). The summed E-state index contributed by atoms with van der Waals surface area (Å²) in [5.41, 5.74) is 0. The van der Waals surface area contributed by atoms with Crippen molar-refractivity contribution in [2.45, 2.75) is 31.6 Å². The first kappa shape index (κ1) is 15.7. The summed E-state index contributed by atoms with van der Waals surface area (Å²) in [6.45, 7) is 3.78. The highest BCUT2D eigenvalue weighted by molar-refractivity contribution is 7.09. The van der Waals surface area contributed by atoms with Crippen LogP contribution >= 0.6 is 11.5 Å². The SMILES string of the molecule is CN(C)CC(=O)N1CCN(c2nc(C3CCCC3)ns2)CC1. The van der Waals surface area contributed by atoms with Crippen LogP contribution in [0.4, 0.5) is 5.13 Å². The Morgan fingerprint density at radius 3 is 2.55 bits per heavy atom. The lowest BCUT2D eigenvalue weighted by Crippen LogP contribution is -2.50. The maximum Gasteiger partial charge on any atom is 0.236 e. The maximum atomic E-state index is 12.1. The second-order valence-corrected chi connectivity index (χ2v) is 7.25. The maximum absolute atomic E-state index is 12.1. The van der Waals surface area contributed by atoms with Crippen molar-refractivity contribution in [2.24, 2.45) is 0 Å². The highest BCUT2D eigenvalue weighted by atomic mass is 32.1. The van der Waals surface area contributed by atoms with Gasteiger partial charge in [-0.05, 0) is 26.9 Å². The number of piperazine rings is 1. The molecule has 1 saturated carbocycles. The van der Waals surface area contributed by atoms with Gasteiger partial charge in [0.15, 0.2) is 0 Å². The van der Waals surface area contributed by atoms with Crippen molar-refractivity contribution in [1.82, 2.24) is 19.2 Å². The number of carbonyl (C=O) groups excluding carboxylic acids is 1. The Hall–Kier alpha value is -1.21. The summed E-state index contributed by atoms with van der Waals surface area (Å²) in [5.74, 6) is 1.84. The van der Waals surface area contributed by atoms with Gasteiger partial charge >= 0.3 is 0 Å². The summed E-state index contributed by atoms with van der Waals surface area (Å²) in [5, 5.41) is 1.03. The molecule has 2 aliphatic rings. The van der Waals surface area contributed by atoms with Gasteiger partial charge in [0.05, 0.1) is 6.54 Å². The van der Waals surface area contributed by atoms with Gasteiger partial charge in [0.1, 0.15) is 5.82 Å². The van der Waals surface area contributed by atoms with Gasteiger partial charge in [-0.1, -0.05) is 12.8 Å². The topological polar surface area (TPSA) is 52.6 Å². The molecule has 1 aliphatic carbocycles. The van der Waals surface area contributed by atoms with Crippen molar-refractivity contribution >= 4 is 22.6 Å². The number of amides is 1. The summed E-state index contributed by atoms with van der Waals surface area (Å²) in [4.78, 5) is 23.0. The van der Waals surface area contributed by atoms with E-state index in [-0.39, 0.29) is 5.91 Å². The van der Waals surface area contributed by atoms with Crippen LogP contribution in [-0.2, 0) is 4.79 Å². The molecule has 6 nitrogen and oxygen atoms in total. The van der Waals surface area contributed by atoms with E-state index in [4.69, 9.17) is 4.98 Å². The van der Waals surface area contributed by atoms with Gasteiger partial charge in [-0.3, -0.25) is 4.79 Å². The zero-order valence-electron chi connectivity index (χ0n) is 13.5. The molecular weight excluding hydrogens is 298 g/mol. The van der Waals surface area contributed by atoms with E-state index in [9.17, 15) is 4.79 Å². The summed E-state index contributed by atoms with van der Waals surface area (Å²) in [7, 11) is 3.86. The third-order valence-corrected chi connectivity index (χ3v) is 5.30. The van der Waals surface area contributed by atoms with Crippen molar-refractivity contribution in [2.75, 3.05) is 51.7 Å². The standard InChI is InChI=1S/C15H25N5OS/c1-18(2)11-13(21)19-7-9-20(10-8-19)15-16-14(17-22-15)12-5-3-4-6-12/h12H,3-11H2,1-2H3. The normalized spacial score (nSPS) is 20.1. The highest BCUT2D eigenvalue weighted by Gasteiger charge is 2.26. The zero-order chi connectivity index (χ0) is 15.5. The Kier molecular flexibility index (Phi) is 4.93. The minimum Gasteiger partial charge on any atom is -0.343 e. The fourth-order valence-electron chi connectivity index (χ4n) is 3.22. The molecule has 122 valence electrons. The van der Waals surface area contributed by atoms with Crippen LogP contribution in [-0.4, -0.2) is 71.9 Å². The molecule has 1 aromatic rings. The van der Waals surface area contributed by atoms with E-state index in [1.807, 2.05) is 23.9 Å². The third kappa shape index (κ3) is 3.57. The van der Waals surface area contributed by atoms with E-state index < -0.39 is 0 Å². The van der Waals surface area contributed by atoms with Crippen LogP contribution in [0.15, 0.2) is 0 Å². The Balaban J connectivity index is 1.54. The van der Waals surface area contributed by atoms with Crippen LogP contribution in [0, 0.1) is 0 Å². The molecule has 2 heterocycles. The number of aromatic nitrogens is 2. The number of likely N-dealkylation sites (N-methyl/N-ethyl adjacent to an activating group) is 1. The Labute approximate surface area is 136 Å². The van der Waals surface area contributed by atoms with E-state index in [0.29, 0.717) is 12.5 Å². The average Bonchev–Trinajstić information content (AvgIpc) is 3.18. The number of carbonyl (C=O) groups is 1. The quantitative estimate of drug-likeness (QED) is 0.838. The first-order chi connectivity index (χ1) is 10.6. The lowest BCUT2D eigenvalue weighted by atomic mass is 10.1. The van der Waals surface area contributed by atoms with Crippen molar-refractivity contribution in [3.63, 3.8) is 0 Å². The lowest BCUT2D eigenvalue weighted by Gasteiger charge is -2.34. The number of anilines is 1. The summed E-state index contributed by atoms with van der Waals surface area (Å²) >= 11 is 1.52. The van der Waals surface area contributed by atoms with Crippen molar-refractivity contribution in [3.8, 4) is 0 Å². The van der Waals surface area contributed by atoms with Crippen LogP contribution in [0.3, 0.4) is 0 Å². The van der Waals surface area contributed by atoms with Gasteiger partial charge in [-0.15, -0.1) is 0 Å². The van der Waals surface area contributed by atoms with E-state index in [0.717, 1.165) is 37.1 Å². The molecule has 2 fully saturated rings. The Bertz CT molecular complexity index is 504. The van der Waals surface area contributed by atoms with Gasteiger partial charge in [0.25, 0.3) is 0 Å². The van der Waals surface area contributed by atoms with Crippen molar-refractivity contribution in [1.29, 1.82) is 0 Å². The van der Waals surface area contributed by atoms with Gasteiger partial charge in [0.2, 0.25) is 11.0 Å². The summed E-state index contributed by atoms with van der Waals surface area (Å²) in [6.07, 6.45) is 5.10. The largest absolute Gasteiger partial charge is 0.343 e. The molecule has 0 bridgehead atoms. The van der Waals surface area contributed by atoms with Crippen LogP contribution in [0.2, 0.25) is 0 Å². The molecule has 0 unspecified atom stereocenters. The predicted octanol–water partition coefficient (Wildman–Crippen LogP) is 1.41. The molecule has 0 aromatic carbocycles. The Morgan fingerprint density at radius 2 is 1.91 bits per heavy atom. The van der Waals surface area contributed by atoms with Crippen molar-refractivity contribution < 1.29 is 4.79 Å². The lowest BCUT2D eigenvalue weighted by molar-refractivity contribution is -0.132. The molecule has 1 aromatic heterocycles. The second kappa shape index (κ2) is 6.91. The number of nitrogens with zero attached hydrogens (tertiary/aromatic N) is 5. The minimum atomic E-state index is 0.216. The fourth-order valence-corrected chi connectivity index (χ4v) is 4.02. The van der Waals surface area contributed by atoms with Gasteiger partial charge < -0.3 is 14.7 Å².